The van der Waals surface area contributed by atoms with Gasteiger partial charge >= 0.3 is 0 Å². The van der Waals surface area contributed by atoms with Crippen LogP contribution in [0, 0.1) is 0 Å². The molecule has 0 radical (unpaired) electrons. The van der Waals surface area contributed by atoms with E-state index in [1.54, 1.807) is 0 Å². The third-order valence-electron chi connectivity index (χ3n) is 3.05. The Bertz CT molecular complexity index is 259. The average Bonchev–Trinajstić information content (AvgIpc) is 2.69. The van der Waals surface area contributed by atoms with Crippen LogP contribution in [-0.2, 0) is 6.42 Å². The predicted octanol–water partition coefficient (Wildman–Crippen LogP) is 2.35. The number of likely N-dealkylation sites (N-methyl/N-ethyl adjacent to an activating group) is 1. The highest BCUT2D eigenvalue weighted by Gasteiger charge is 2.15. The van der Waals surface area contributed by atoms with Crippen LogP contribution in [0.15, 0.2) is 17.5 Å². The van der Waals surface area contributed by atoms with E-state index in [0.29, 0.717) is 12.1 Å². The quantitative estimate of drug-likeness (QED) is 0.807. The van der Waals surface area contributed by atoms with Crippen molar-refractivity contribution in [2.75, 3.05) is 13.6 Å². The van der Waals surface area contributed by atoms with Crippen molar-refractivity contribution in [3.8, 4) is 0 Å². The molecular formula is C12H22N2S. The topological polar surface area (TPSA) is 29.3 Å². The Balaban J connectivity index is 2.42. The summed E-state index contributed by atoms with van der Waals surface area (Å²) in [5.41, 5.74) is 5.58. The second-order valence-corrected chi connectivity index (χ2v) is 5.26. The zero-order chi connectivity index (χ0) is 11.3. The van der Waals surface area contributed by atoms with Crippen LogP contribution in [0.5, 0.6) is 0 Å². The molecule has 1 aromatic rings. The van der Waals surface area contributed by atoms with E-state index in [1.807, 2.05) is 11.3 Å². The van der Waals surface area contributed by atoms with Gasteiger partial charge in [-0.2, -0.15) is 0 Å². The maximum absolute atomic E-state index is 5.58. The molecular weight excluding hydrogens is 204 g/mol. The maximum atomic E-state index is 5.58. The molecule has 1 rings (SSSR count). The van der Waals surface area contributed by atoms with E-state index >= 15 is 0 Å². The van der Waals surface area contributed by atoms with Crippen molar-refractivity contribution in [1.29, 1.82) is 0 Å². The fraction of sp³-hybridized carbons (Fsp3) is 0.667. The van der Waals surface area contributed by atoms with Crippen LogP contribution in [0.1, 0.15) is 25.1 Å². The van der Waals surface area contributed by atoms with Gasteiger partial charge in [-0.25, -0.2) is 0 Å². The first kappa shape index (κ1) is 12.7. The summed E-state index contributed by atoms with van der Waals surface area (Å²) in [6.45, 7) is 5.31. The lowest BCUT2D eigenvalue weighted by atomic mass is 10.1. The highest BCUT2D eigenvalue weighted by atomic mass is 32.1. The van der Waals surface area contributed by atoms with Crippen molar-refractivity contribution >= 4 is 11.3 Å². The second kappa shape index (κ2) is 6.26. The van der Waals surface area contributed by atoms with Crippen molar-refractivity contribution in [3.63, 3.8) is 0 Å². The molecule has 2 nitrogen and oxygen atoms in total. The van der Waals surface area contributed by atoms with Gasteiger partial charge < -0.3 is 10.6 Å². The molecule has 0 amide bonds. The van der Waals surface area contributed by atoms with Gasteiger partial charge in [0.15, 0.2) is 0 Å². The van der Waals surface area contributed by atoms with E-state index in [-0.39, 0.29) is 0 Å². The average molecular weight is 226 g/mol. The van der Waals surface area contributed by atoms with Gasteiger partial charge in [-0.3, -0.25) is 0 Å². The zero-order valence-electron chi connectivity index (χ0n) is 9.94. The molecule has 0 aliphatic heterocycles. The summed E-state index contributed by atoms with van der Waals surface area (Å²) >= 11 is 1.84. The molecule has 15 heavy (non-hydrogen) atoms. The molecule has 0 fully saturated rings. The number of hydrogen-bond acceptors (Lipinski definition) is 3. The van der Waals surface area contributed by atoms with E-state index in [1.165, 1.54) is 4.88 Å². The van der Waals surface area contributed by atoms with Crippen LogP contribution in [-0.4, -0.2) is 30.6 Å². The zero-order valence-corrected chi connectivity index (χ0v) is 10.8. The van der Waals surface area contributed by atoms with Crippen molar-refractivity contribution in [1.82, 2.24) is 4.90 Å². The highest BCUT2D eigenvalue weighted by Crippen LogP contribution is 2.15. The molecule has 0 aliphatic rings. The largest absolute Gasteiger partial charge is 0.330 e. The third kappa shape index (κ3) is 3.93. The van der Waals surface area contributed by atoms with E-state index < -0.39 is 0 Å². The number of hydrogen-bond donors (Lipinski definition) is 1. The molecule has 0 spiro atoms. The molecule has 0 saturated carbocycles. The number of nitrogens with zero attached hydrogens (tertiary/aromatic N) is 1. The molecule has 3 heteroatoms. The third-order valence-corrected chi connectivity index (χ3v) is 3.95. The lowest BCUT2D eigenvalue weighted by molar-refractivity contribution is 0.189. The van der Waals surface area contributed by atoms with Crippen LogP contribution in [0.2, 0.25) is 0 Å². The lowest BCUT2D eigenvalue weighted by Crippen LogP contribution is -2.39. The minimum absolute atomic E-state index is 0.574. The SMILES string of the molecule is CC(CCN)N(C)C(C)Cc1cccs1. The van der Waals surface area contributed by atoms with Crippen molar-refractivity contribution in [2.24, 2.45) is 5.73 Å². The fourth-order valence-electron chi connectivity index (χ4n) is 1.74. The van der Waals surface area contributed by atoms with Gasteiger partial charge in [-0.05, 0) is 51.7 Å². The van der Waals surface area contributed by atoms with Crippen LogP contribution in [0.25, 0.3) is 0 Å². The normalized spacial score (nSPS) is 15.5. The first-order valence-electron chi connectivity index (χ1n) is 5.59. The van der Waals surface area contributed by atoms with Gasteiger partial charge in [-0.1, -0.05) is 6.07 Å². The van der Waals surface area contributed by atoms with Crippen LogP contribution in [0.4, 0.5) is 0 Å². The minimum atomic E-state index is 0.574. The van der Waals surface area contributed by atoms with Crippen LogP contribution in [0.3, 0.4) is 0 Å². The first-order chi connectivity index (χ1) is 7.15. The Morgan fingerprint density at radius 3 is 2.67 bits per heavy atom. The molecule has 2 N–H and O–H groups in total. The summed E-state index contributed by atoms with van der Waals surface area (Å²) in [5, 5.41) is 2.14. The monoisotopic (exact) mass is 226 g/mol. The summed E-state index contributed by atoms with van der Waals surface area (Å²) in [4.78, 5) is 3.89. The Kier molecular flexibility index (Phi) is 5.29. The summed E-state index contributed by atoms with van der Waals surface area (Å²) in [6.07, 6.45) is 2.22. The van der Waals surface area contributed by atoms with Gasteiger partial charge in [0.1, 0.15) is 0 Å². The molecule has 1 heterocycles. The fourth-order valence-corrected chi connectivity index (χ4v) is 2.57. The lowest BCUT2D eigenvalue weighted by Gasteiger charge is -2.30. The predicted molar refractivity (Wildman–Crippen MR) is 68.4 cm³/mol. The molecule has 0 bridgehead atoms. The number of thiophene rings is 1. The minimum Gasteiger partial charge on any atom is -0.330 e. The van der Waals surface area contributed by atoms with Gasteiger partial charge in [0.2, 0.25) is 0 Å². The summed E-state index contributed by atoms with van der Waals surface area (Å²) < 4.78 is 0. The Morgan fingerprint density at radius 1 is 1.40 bits per heavy atom. The maximum Gasteiger partial charge on any atom is 0.0115 e. The van der Waals surface area contributed by atoms with Crippen LogP contribution < -0.4 is 5.73 Å². The van der Waals surface area contributed by atoms with Crippen molar-refractivity contribution in [3.05, 3.63) is 22.4 Å². The molecule has 1 aromatic heterocycles. The molecule has 86 valence electrons. The van der Waals surface area contributed by atoms with E-state index in [2.05, 4.69) is 43.3 Å². The Hall–Kier alpha value is -0.380. The second-order valence-electron chi connectivity index (χ2n) is 4.22. The highest BCUT2D eigenvalue weighted by molar-refractivity contribution is 7.09. The smallest absolute Gasteiger partial charge is 0.0115 e. The van der Waals surface area contributed by atoms with E-state index in [0.717, 1.165) is 19.4 Å². The molecule has 0 aromatic carbocycles. The van der Waals surface area contributed by atoms with Gasteiger partial charge in [0.05, 0.1) is 0 Å². The van der Waals surface area contributed by atoms with E-state index in [9.17, 15) is 0 Å². The molecule has 2 unspecified atom stereocenters. The van der Waals surface area contributed by atoms with Gasteiger partial charge in [0, 0.05) is 17.0 Å². The van der Waals surface area contributed by atoms with Gasteiger partial charge in [-0.15, -0.1) is 11.3 Å². The number of nitrogens with two attached hydrogens (primary N) is 1. The first-order valence-corrected chi connectivity index (χ1v) is 6.47. The van der Waals surface area contributed by atoms with Crippen molar-refractivity contribution < 1.29 is 0 Å². The molecule has 0 aliphatic carbocycles. The summed E-state index contributed by atoms with van der Waals surface area (Å²) in [6, 6.07) is 5.49. The Morgan fingerprint density at radius 2 is 2.13 bits per heavy atom. The molecule has 2 atom stereocenters. The standard InChI is InChI=1S/C12H22N2S/c1-10(6-7-13)14(3)11(2)9-12-5-4-8-15-12/h4-5,8,10-11H,6-7,9,13H2,1-3H3. The van der Waals surface area contributed by atoms with Crippen LogP contribution >= 0.6 is 11.3 Å². The van der Waals surface area contributed by atoms with Crippen molar-refractivity contribution in [2.45, 2.75) is 38.8 Å². The number of rotatable bonds is 6. The van der Waals surface area contributed by atoms with Gasteiger partial charge in [0.25, 0.3) is 0 Å². The summed E-state index contributed by atoms with van der Waals surface area (Å²) in [7, 11) is 2.19. The Labute approximate surface area is 97.1 Å². The van der Waals surface area contributed by atoms with E-state index in [4.69, 9.17) is 5.73 Å². The molecule has 0 saturated heterocycles. The summed E-state index contributed by atoms with van der Waals surface area (Å²) in [5.74, 6) is 0.